The summed E-state index contributed by atoms with van der Waals surface area (Å²) in [5.41, 5.74) is 8.79. The first-order chi connectivity index (χ1) is 8.90. The topological polar surface area (TPSA) is 43.8 Å². The summed E-state index contributed by atoms with van der Waals surface area (Å²) in [6.07, 6.45) is 0.573. The average Bonchev–Trinajstić information content (AvgIpc) is 2.56. The van der Waals surface area contributed by atoms with Crippen LogP contribution in [-0.4, -0.2) is 9.78 Å². The molecule has 1 atom stereocenters. The SMILES string of the molecule is Cc1nn(C)c(CC(N)c2ccc(F)cc2Cl)c1Br. The molecular formula is C13H14BrClFN3. The third-order valence-electron chi connectivity index (χ3n) is 3.04. The highest BCUT2D eigenvalue weighted by Crippen LogP contribution is 2.28. The summed E-state index contributed by atoms with van der Waals surface area (Å²) < 4.78 is 15.8. The standard InChI is InChI=1S/C13H14BrClFN3/c1-7-13(14)12(19(2)18-7)6-11(17)9-4-3-8(16)5-10(9)15/h3-5,11H,6,17H2,1-2H3. The Balaban J connectivity index is 2.28. The molecule has 0 saturated heterocycles. The second-order valence-corrected chi connectivity index (χ2v) is 5.65. The van der Waals surface area contributed by atoms with Crippen molar-refractivity contribution in [2.45, 2.75) is 19.4 Å². The average molecular weight is 347 g/mol. The molecule has 1 unspecified atom stereocenters. The van der Waals surface area contributed by atoms with E-state index in [1.54, 1.807) is 10.7 Å². The van der Waals surface area contributed by atoms with Crippen molar-refractivity contribution in [3.8, 4) is 0 Å². The van der Waals surface area contributed by atoms with E-state index in [9.17, 15) is 4.39 Å². The molecule has 0 aliphatic rings. The van der Waals surface area contributed by atoms with Crippen LogP contribution in [0.3, 0.4) is 0 Å². The number of rotatable bonds is 3. The van der Waals surface area contributed by atoms with E-state index >= 15 is 0 Å². The van der Waals surface area contributed by atoms with Gasteiger partial charge in [0.05, 0.1) is 15.9 Å². The Morgan fingerprint density at radius 1 is 1.53 bits per heavy atom. The summed E-state index contributed by atoms with van der Waals surface area (Å²) in [5, 5.41) is 4.66. The molecule has 0 aliphatic heterocycles. The Kier molecular flexibility index (Phi) is 4.28. The van der Waals surface area contributed by atoms with Gasteiger partial charge in [-0.1, -0.05) is 17.7 Å². The van der Waals surface area contributed by atoms with Crippen LogP contribution in [-0.2, 0) is 13.5 Å². The number of benzene rings is 1. The molecule has 0 aliphatic carbocycles. The third kappa shape index (κ3) is 2.99. The van der Waals surface area contributed by atoms with Crippen LogP contribution >= 0.6 is 27.5 Å². The van der Waals surface area contributed by atoms with E-state index in [-0.39, 0.29) is 11.9 Å². The van der Waals surface area contributed by atoms with Crippen molar-refractivity contribution in [3.63, 3.8) is 0 Å². The predicted molar refractivity (Wildman–Crippen MR) is 77.7 cm³/mol. The van der Waals surface area contributed by atoms with Gasteiger partial charge in [-0.05, 0) is 40.5 Å². The highest BCUT2D eigenvalue weighted by atomic mass is 79.9. The van der Waals surface area contributed by atoms with Crippen LogP contribution in [0.4, 0.5) is 4.39 Å². The van der Waals surface area contributed by atoms with Crippen LogP contribution in [0, 0.1) is 12.7 Å². The normalized spacial score (nSPS) is 12.7. The minimum absolute atomic E-state index is 0.306. The first-order valence-electron chi connectivity index (χ1n) is 5.78. The lowest BCUT2D eigenvalue weighted by Gasteiger charge is -2.14. The Bertz CT molecular complexity index is 612. The number of hydrogen-bond acceptors (Lipinski definition) is 2. The molecule has 0 saturated carbocycles. The van der Waals surface area contributed by atoms with Crippen molar-refractivity contribution < 1.29 is 4.39 Å². The number of nitrogens with zero attached hydrogens (tertiary/aromatic N) is 2. The summed E-state index contributed by atoms with van der Waals surface area (Å²) in [6, 6.07) is 3.96. The zero-order valence-corrected chi connectivity index (χ0v) is 13.0. The molecule has 1 heterocycles. The first kappa shape index (κ1) is 14.5. The highest BCUT2D eigenvalue weighted by molar-refractivity contribution is 9.10. The molecule has 6 heteroatoms. The molecule has 3 nitrogen and oxygen atoms in total. The van der Waals surface area contributed by atoms with Gasteiger partial charge in [0.25, 0.3) is 0 Å². The van der Waals surface area contributed by atoms with Crippen molar-refractivity contribution in [2.75, 3.05) is 0 Å². The lowest BCUT2D eigenvalue weighted by molar-refractivity contribution is 0.619. The number of hydrogen-bond donors (Lipinski definition) is 1. The number of aromatic nitrogens is 2. The molecule has 2 rings (SSSR count). The summed E-state index contributed by atoms with van der Waals surface area (Å²) in [4.78, 5) is 0. The maximum absolute atomic E-state index is 13.0. The lowest BCUT2D eigenvalue weighted by atomic mass is 10.0. The Labute approximate surface area is 124 Å². The number of nitrogens with two attached hydrogens (primary N) is 1. The van der Waals surface area contributed by atoms with Crippen molar-refractivity contribution in [2.24, 2.45) is 12.8 Å². The van der Waals surface area contributed by atoms with Gasteiger partial charge in [0, 0.05) is 24.5 Å². The molecule has 1 aromatic heterocycles. The fraction of sp³-hybridized carbons (Fsp3) is 0.308. The van der Waals surface area contributed by atoms with Gasteiger partial charge < -0.3 is 5.73 Å². The Hall–Kier alpha value is -0.910. The van der Waals surface area contributed by atoms with Gasteiger partial charge in [-0.15, -0.1) is 0 Å². The van der Waals surface area contributed by atoms with E-state index in [0.29, 0.717) is 11.4 Å². The van der Waals surface area contributed by atoms with Gasteiger partial charge in [0.2, 0.25) is 0 Å². The molecule has 2 N–H and O–H groups in total. The highest BCUT2D eigenvalue weighted by Gasteiger charge is 2.17. The molecular weight excluding hydrogens is 333 g/mol. The van der Waals surface area contributed by atoms with E-state index in [4.69, 9.17) is 17.3 Å². The van der Waals surface area contributed by atoms with Gasteiger partial charge in [0.15, 0.2) is 0 Å². The predicted octanol–water partition coefficient (Wildman–Crippen LogP) is 3.53. The van der Waals surface area contributed by atoms with Crippen LogP contribution < -0.4 is 5.73 Å². The molecule has 0 fully saturated rings. The summed E-state index contributed by atoms with van der Waals surface area (Å²) in [6.45, 7) is 1.92. The van der Waals surface area contributed by atoms with Gasteiger partial charge in [0.1, 0.15) is 5.82 Å². The molecule has 102 valence electrons. The summed E-state index contributed by atoms with van der Waals surface area (Å²) in [5.74, 6) is -0.362. The van der Waals surface area contributed by atoms with Crippen LogP contribution in [0.2, 0.25) is 5.02 Å². The molecule has 1 aromatic carbocycles. The Morgan fingerprint density at radius 3 is 2.74 bits per heavy atom. The van der Waals surface area contributed by atoms with Crippen molar-refractivity contribution in [1.82, 2.24) is 9.78 Å². The second-order valence-electron chi connectivity index (χ2n) is 4.45. The number of aryl methyl sites for hydroxylation is 2. The van der Waals surface area contributed by atoms with Crippen LogP contribution in [0.5, 0.6) is 0 Å². The first-order valence-corrected chi connectivity index (χ1v) is 6.95. The smallest absolute Gasteiger partial charge is 0.124 e. The van der Waals surface area contributed by atoms with Gasteiger partial charge in [-0.3, -0.25) is 4.68 Å². The van der Waals surface area contributed by atoms with E-state index in [1.807, 2.05) is 14.0 Å². The molecule has 0 radical (unpaired) electrons. The fourth-order valence-electron chi connectivity index (χ4n) is 2.02. The minimum atomic E-state index is -0.362. The molecule has 0 spiro atoms. The quantitative estimate of drug-likeness (QED) is 0.924. The lowest BCUT2D eigenvalue weighted by Crippen LogP contribution is -2.16. The van der Waals surface area contributed by atoms with E-state index in [0.717, 1.165) is 21.4 Å². The van der Waals surface area contributed by atoms with Crippen LogP contribution in [0.15, 0.2) is 22.7 Å². The van der Waals surface area contributed by atoms with Crippen molar-refractivity contribution >= 4 is 27.5 Å². The van der Waals surface area contributed by atoms with Crippen molar-refractivity contribution in [1.29, 1.82) is 0 Å². The number of halogens is 3. The van der Waals surface area contributed by atoms with Gasteiger partial charge in [-0.25, -0.2) is 4.39 Å². The van der Waals surface area contributed by atoms with Gasteiger partial charge in [-0.2, -0.15) is 5.10 Å². The molecule has 19 heavy (non-hydrogen) atoms. The molecule has 2 aromatic rings. The maximum atomic E-state index is 13.0. The second kappa shape index (κ2) is 5.61. The maximum Gasteiger partial charge on any atom is 0.124 e. The van der Waals surface area contributed by atoms with Gasteiger partial charge >= 0.3 is 0 Å². The van der Waals surface area contributed by atoms with E-state index in [1.165, 1.54) is 12.1 Å². The summed E-state index contributed by atoms with van der Waals surface area (Å²) >= 11 is 9.52. The van der Waals surface area contributed by atoms with Crippen molar-refractivity contribution in [3.05, 3.63) is 50.5 Å². The minimum Gasteiger partial charge on any atom is -0.324 e. The summed E-state index contributed by atoms with van der Waals surface area (Å²) in [7, 11) is 1.87. The van der Waals surface area contributed by atoms with Crippen LogP contribution in [0.25, 0.3) is 0 Å². The zero-order chi connectivity index (χ0) is 14.2. The largest absolute Gasteiger partial charge is 0.324 e. The van der Waals surface area contributed by atoms with E-state index in [2.05, 4.69) is 21.0 Å². The van der Waals surface area contributed by atoms with Crippen LogP contribution in [0.1, 0.15) is 23.0 Å². The Morgan fingerprint density at radius 2 is 2.21 bits per heavy atom. The zero-order valence-electron chi connectivity index (χ0n) is 10.6. The molecule has 0 amide bonds. The van der Waals surface area contributed by atoms with E-state index < -0.39 is 0 Å². The monoisotopic (exact) mass is 345 g/mol. The fourth-order valence-corrected chi connectivity index (χ4v) is 2.83. The third-order valence-corrected chi connectivity index (χ3v) is 4.40. The molecule has 0 bridgehead atoms.